The van der Waals surface area contributed by atoms with E-state index in [1.807, 2.05) is 0 Å². The highest BCUT2D eigenvalue weighted by Gasteiger charge is 2.57. The van der Waals surface area contributed by atoms with Crippen molar-refractivity contribution < 1.29 is 19.1 Å². The average molecular weight is 430 g/mol. The van der Waals surface area contributed by atoms with Crippen molar-refractivity contribution in [3.63, 3.8) is 0 Å². The Labute approximate surface area is 182 Å². The predicted octanol–water partition coefficient (Wildman–Crippen LogP) is 4.27. The molecule has 0 radical (unpaired) electrons. The van der Waals surface area contributed by atoms with Gasteiger partial charge >= 0.3 is 5.97 Å². The zero-order valence-electron chi connectivity index (χ0n) is 17.1. The van der Waals surface area contributed by atoms with Crippen molar-refractivity contribution in [2.45, 2.75) is 57.4 Å². The number of likely N-dealkylation sites (tertiary alicyclic amines) is 1. The first-order valence-corrected chi connectivity index (χ1v) is 11.6. The normalized spacial score (nSPS) is 34.2. The molecule has 6 rings (SSSR count). The van der Waals surface area contributed by atoms with Gasteiger partial charge in [-0.15, -0.1) is 0 Å². The average Bonchev–Trinajstić information content (AvgIpc) is 3.20. The van der Waals surface area contributed by atoms with Gasteiger partial charge in [-0.2, -0.15) is 0 Å². The van der Waals surface area contributed by atoms with Gasteiger partial charge in [-0.05, 0) is 93.4 Å². The lowest BCUT2D eigenvalue weighted by atomic mass is 9.49. The molecule has 1 unspecified atom stereocenters. The lowest BCUT2D eigenvalue weighted by Crippen LogP contribution is -2.56. The van der Waals surface area contributed by atoms with Crippen LogP contribution in [0.4, 0.5) is 0 Å². The highest BCUT2D eigenvalue weighted by Crippen LogP contribution is 2.60. The lowest BCUT2D eigenvalue weighted by Gasteiger charge is -2.56. The van der Waals surface area contributed by atoms with Crippen LogP contribution >= 0.6 is 11.6 Å². The number of amides is 1. The van der Waals surface area contributed by atoms with E-state index < -0.39 is 12.0 Å². The summed E-state index contributed by atoms with van der Waals surface area (Å²) in [6.45, 7) is 0.307. The highest BCUT2D eigenvalue weighted by atomic mass is 35.5. The van der Waals surface area contributed by atoms with Gasteiger partial charge in [0.2, 0.25) is 5.91 Å². The minimum atomic E-state index is -0.552. The SMILES string of the molecule is O=C(COC(=O)C1CCCN1C(=O)C12CC3CC(CC(C3)C1)C2)c1ccc(Cl)cc1. The second-order valence-electron chi connectivity index (χ2n) is 9.89. The molecule has 4 saturated carbocycles. The molecular formula is C24H28ClNO4. The van der Waals surface area contributed by atoms with Crippen LogP contribution in [0.3, 0.4) is 0 Å². The van der Waals surface area contributed by atoms with Crippen LogP contribution < -0.4 is 0 Å². The molecule has 1 aromatic carbocycles. The Morgan fingerprint density at radius 3 is 2.20 bits per heavy atom. The summed E-state index contributed by atoms with van der Waals surface area (Å²) in [5, 5.41) is 0.549. The summed E-state index contributed by atoms with van der Waals surface area (Å²) in [7, 11) is 0. The van der Waals surface area contributed by atoms with Crippen molar-refractivity contribution in [2.24, 2.45) is 23.2 Å². The molecule has 1 heterocycles. The molecule has 1 saturated heterocycles. The smallest absolute Gasteiger partial charge is 0.329 e. The fourth-order valence-electron chi connectivity index (χ4n) is 6.88. The van der Waals surface area contributed by atoms with Gasteiger partial charge < -0.3 is 9.64 Å². The largest absolute Gasteiger partial charge is 0.456 e. The van der Waals surface area contributed by atoms with Crippen molar-refractivity contribution in [3.05, 3.63) is 34.9 Å². The standard InChI is InChI=1S/C24H28ClNO4/c25-19-5-3-18(4-6-19)21(27)14-30-22(28)20-2-1-7-26(20)23(29)24-11-15-8-16(12-24)10-17(9-15)13-24/h3-6,15-17,20H,1-2,7-14H2. The monoisotopic (exact) mass is 429 g/mol. The number of hydrogen-bond donors (Lipinski definition) is 0. The van der Waals surface area contributed by atoms with Gasteiger partial charge in [0, 0.05) is 17.1 Å². The Kier molecular flexibility index (Phi) is 5.12. The molecule has 4 bridgehead atoms. The molecule has 0 aromatic heterocycles. The van der Waals surface area contributed by atoms with Crippen LogP contribution in [0, 0.1) is 23.2 Å². The van der Waals surface area contributed by atoms with E-state index in [0.717, 1.165) is 25.7 Å². The lowest BCUT2D eigenvalue weighted by molar-refractivity contribution is -0.165. The van der Waals surface area contributed by atoms with E-state index in [1.54, 1.807) is 29.2 Å². The number of carbonyl (C=O) groups is 3. The van der Waals surface area contributed by atoms with Crippen molar-refractivity contribution in [1.29, 1.82) is 0 Å². The van der Waals surface area contributed by atoms with Gasteiger partial charge in [-0.1, -0.05) is 11.6 Å². The van der Waals surface area contributed by atoms with Crippen LogP contribution in [-0.4, -0.2) is 41.8 Å². The summed E-state index contributed by atoms with van der Waals surface area (Å²) in [5.41, 5.74) is 0.205. The Bertz CT molecular complexity index is 829. The number of rotatable bonds is 5. The number of ether oxygens (including phenoxy) is 1. The first-order valence-electron chi connectivity index (χ1n) is 11.2. The van der Waals surface area contributed by atoms with Crippen LogP contribution in [0.15, 0.2) is 24.3 Å². The van der Waals surface area contributed by atoms with E-state index in [2.05, 4.69) is 0 Å². The van der Waals surface area contributed by atoms with Gasteiger partial charge in [0.15, 0.2) is 12.4 Å². The Morgan fingerprint density at radius 1 is 1.00 bits per heavy atom. The summed E-state index contributed by atoms with van der Waals surface area (Å²) in [6.07, 6.45) is 8.25. The highest BCUT2D eigenvalue weighted by molar-refractivity contribution is 6.30. The summed E-state index contributed by atoms with van der Waals surface area (Å²) in [5.74, 6) is 1.51. The Morgan fingerprint density at radius 2 is 1.60 bits per heavy atom. The van der Waals surface area contributed by atoms with Crippen LogP contribution in [-0.2, 0) is 14.3 Å². The molecule has 1 aliphatic heterocycles. The summed E-state index contributed by atoms with van der Waals surface area (Å²) in [4.78, 5) is 40.5. The third-order valence-electron chi connectivity index (χ3n) is 7.79. The van der Waals surface area contributed by atoms with Gasteiger partial charge in [-0.3, -0.25) is 9.59 Å². The maximum Gasteiger partial charge on any atom is 0.329 e. The van der Waals surface area contributed by atoms with Crippen molar-refractivity contribution in [2.75, 3.05) is 13.2 Å². The van der Waals surface area contributed by atoms with E-state index in [4.69, 9.17) is 16.3 Å². The van der Waals surface area contributed by atoms with Crippen molar-refractivity contribution in [1.82, 2.24) is 4.90 Å². The molecule has 6 heteroatoms. The van der Waals surface area contributed by atoms with Crippen LogP contribution in [0.5, 0.6) is 0 Å². The molecule has 5 nitrogen and oxygen atoms in total. The fourth-order valence-corrected chi connectivity index (χ4v) is 7.01. The number of halogens is 1. The molecule has 0 N–H and O–H groups in total. The molecule has 1 atom stereocenters. The zero-order chi connectivity index (χ0) is 20.9. The first-order chi connectivity index (χ1) is 14.4. The van der Waals surface area contributed by atoms with Gasteiger partial charge in [0.05, 0.1) is 5.41 Å². The third kappa shape index (κ3) is 3.55. The van der Waals surface area contributed by atoms with Crippen LogP contribution in [0.1, 0.15) is 61.7 Å². The molecule has 5 aliphatic rings. The zero-order valence-corrected chi connectivity index (χ0v) is 17.9. The Hall–Kier alpha value is -1.88. The van der Waals surface area contributed by atoms with E-state index >= 15 is 0 Å². The summed E-state index contributed by atoms with van der Waals surface area (Å²) in [6, 6.07) is 5.97. The minimum Gasteiger partial charge on any atom is -0.456 e. The molecule has 1 amide bonds. The molecule has 30 heavy (non-hydrogen) atoms. The number of benzene rings is 1. The van der Waals surface area contributed by atoms with E-state index in [9.17, 15) is 14.4 Å². The molecule has 5 fully saturated rings. The predicted molar refractivity (Wildman–Crippen MR) is 112 cm³/mol. The van der Waals surface area contributed by atoms with Crippen LogP contribution in [0.25, 0.3) is 0 Å². The van der Waals surface area contributed by atoms with Crippen LogP contribution in [0.2, 0.25) is 5.02 Å². The number of Topliss-reactive ketones (excluding diaryl/α,β-unsaturated/α-hetero) is 1. The molecule has 1 aromatic rings. The fraction of sp³-hybridized carbons (Fsp3) is 0.625. The maximum absolute atomic E-state index is 13.6. The molecule has 160 valence electrons. The number of esters is 1. The van der Waals surface area contributed by atoms with Gasteiger partial charge in [0.1, 0.15) is 6.04 Å². The van der Waals surface area contributed by atoms with E-state index in [1.165, 1.54) is 19.3 Å². The van der Waals surface area contributed by atoms with E-state index in [-0.39, 0.29) is 23.7 Å². The van der Waals surface area contributed by atoms with Gasteiger partial charge in [-0.25, -0.2) is 4.79 Å². The second kappa shape index (κ2) is 7.67. The van der Waals surface area contributed by atoms with Gasteiger partial charge in [0.25, 0.3) is 0 Å². The molecular weight excluding hydrogens is 402 g/mol. The number of nitrogens with zero attached hydrogens (tertiary/aromatic N) is 1. The molecule has 0 spiro atoms. The summed E-state index contributed by atoms with van der Waals surface area (Å²) < 4.78 is 5.36. The third-order valence-corrected chi connectivity index (χ3v) is 8.04. The quantitative estimate of drug-likeness (QED) is 0.517. The number of ketones is 1. The Balaban J connectivity index is 1.24. The maximum atomic E-state index is 13.6. The van der Waals surface area contributed by atoms with E-state index in [0.29, 0.717) is 41.3 Å². The van der Waals surface area contributed by atoms with Crippen molar-refractivity contribution >= 4 is 29.3 Å². The minimum absolute atomic E-state index is 0.171. The topological polar surface area (TPSA) is 63.7 Å². The number of carbonyl (C=O) groups excluding carboxylic acids is 3. The first kappa shape index (κ1) is 20.0. The summed E-state index contributed by atoms with van der Waals surface area (Å²) >= 11 is 5.85. The number of hydrogen-bond acceptors (Lipinski definition) is 4. The molecule has 4 aliphatic carbocycles. The second-order valence-corrected chi connectivity index (χ2v) is 10.3. The van der Waals surface area contributed by atoms with Crippen molar-refractivity contribution in [3.8, 4) is 0 Å².